The molecule has 0 amide bonds. The summed E-state index contributed by atoms with van der Waals surface area (Å²) in [4.78, 5) is 2.41. The fourth-order valence-corrected chi connectivity index (χ4v) is 2.64. The van der Waals surface area contributed by atoms with Gasteiger partial charge in [0.1, 0.15) is 5.75 Å². The van der Waals surface area contributed by atoms with E-state index in [9.17, 15) is 5.11 Å². The first-order chi connectivity index (χ1) is 10.1. The first-order valence-electron chi connectivity index (χ1n) is 7.71. The Morgan fingerprint density at radius 1 is 1.00 bits per heavy atom. The number of benzene rings is 2. The molecule has 0 spiro atoms. The monoisotopic (exact) mass is 283 g/mol. The maximum atomic E-state index is 9.91. The molecule has 0 unspecified atom stereocenters. The third-order valence-electron chi connectivity index (χ3n) is 3.83. The molecule has 0 saturated heterocycles. The predicted octanol–water partition coefficient (Wildman–Crippen LogP) is 4.82. The highest BCUT2D eigenvalue weighted by atomic mass is 16.3. The Hall–Kier alpha value is -1.96. The molecule has 2 aromatic carbocycles. The van der Waals surface area contributed by atoms with Crippen LogP contribution < -0.4 is 4.90 Å². The van der Waals surface area contributed by atoms with Crippen LogP contribution in [0.2, 0.25) is 0 Å². The van der Waals surface area contributed by atoms with Gasteiger partial charge < -0.3 is 10.0 Å². The summed E-state index contributed by atoms with van der Waals surface area (Å²) >= 11 is 0. The van der Waals surface area contributed by atoms with Crippen LogP contribution in [0.4, 0.5) is 5.69 Å². The summed E-state index contributed by atoms with van der Waals surface area (Å²) < 4.78 is 0. The number of hydrogen-bond acceptors (Lipinski definition) is 2. The molecule has 0 radical (unpaired) electrons. The van der Waals surface area contributed by atoms with Crippen molar-refractivity contribution in [1.29, 1.82) is 0 Å². The van der Waals surface area contributed by atoms with Crippen LogP contribution in [-0.2, 0) is 6.54 Å². The van der Waals surface area contributed by atoms with Crippen LogP contribution in [0.3, 0.4) is 0 Å². The lowest BCUT2D eigenvalue weighted by molar-refractivity contribution is 0.466. The zero-order valence-corrected chi connectivity index (χ0v) is 13.3. The number of nitrogens with zero attached hydrogens (tertiary/aromatic N) is 1. The molecule has 0 bridgehead atoms. The van der Waals surface area contributed by atoms with Gasteiger partial charge in [0.2, 0.25) is 0 Å². The summed E-state index contributed by atoms with van der Waals surface area (Å²) in [5.74, 6) is 0.415. The van der Waals surface area contributed by atoms with Crippen molar-refractivity contribution in [3.63, 3.8) is 0 Å². The maximum absolute atomic E-state index is 9.91. The maximum Gasteiger partial charge on any atom is 0.121 e. The van der Waals surface area contributed by atoms with Crippen molar-refractivity contribution >= 4 is 5.69 Å². The van der Waals surface area contributed by atoms with E-state index in [4.69, 9.17) is 0 Å². The van der Waals surface area contributed by atoms with E-state index in [0.29, 0.717) is 5.75 Å². The van der Waals surface area contributed by atoms with Gasteiger partial charge in [-0.2, -0.15) is 0 Å². The van der Waals surface area contributed by atoms with Crippen LogP contribution in [0, 0.1) is 13.8 Å². The highest BCUT2D eigenvalue weighted by Crippen LogP contribution is 2.25. The number of phenolic OH excluding ortho intramolecular Hbond substituents is 1. The van der Waals surface area contributed by atoms with Crippen LogP contribution in [0.1, 0.15) is 36.5 Å². The van der Waals surface area contributed by atoms with Gasteiger partial charge in [-0.1, -0.05) is 43.7 Å². The summed E-state index contributed by atoms with van der Waals surface area (Å²) in [6.07, 6.45) is 2.38. The van der Waals surface area contributed by atoms with Gasteiger partial charge in [-0.15, -0.1) is 0 Å². The number of para-hydroxylation sites is 1. The Balaban J connectivity index is 2.23. The molecule has 0 fully saturated rings. The molecule has 0 aromatic heterocycles. The molecule has 0 saturated carbocycles. The quantitative estimate of drug-likeness (QED) is 0.822. The molecule has 1 N–H and O–H groups in total. The van der Waals surface area contributed by atoms with E-state index in [1.54, 1.807) is 0 Å². The molecular weight excluding hydrogens is 258 g/mol. The van der Waals surface area contributed by atoms with Crippen molar-refractivity contribution < 1.29 is 5.11 Å². The van der Waals surface area contributed by atoms with Crippen LogP contribution in [0.15, 0.2) is 42.5 Å². The average molecular weight is 283 g/mol. The van der Waals surface area contributed by atoms with E-state index in [1.807, 2.05) is 13.8 Å². The minimum absolute atomic E-state index is 0.415. The lowest BCUT2D eigenvalue weighted by Crippen LogP contribution is -2.23. The van der Waals surface area contributed by atoms with Gasteiger partial charge >= 0.3 is 0 Å². The lowest BCUT2D eigenvalue weighted by Gasteiger charge is -2.25. The first-order valence-corrected chi connectivity index (χ1v) is 7.71. The number of hydrogen-bond donors (Lipinski definition) is 1. The fourth-order valence-electron chi connectivity index (χ4n) is 2.64. The van der Waals surface area contributed by atoms with Crippen LogP contribution in [0.5, 0.6) is 5.75 Å². The number of rotatable bonds is 6. The topological polar surface area (TPSA) is 23.5 Å². The molecule has 0 aliphatic carbocycles. The van der Waals surface area contributed by atoms with Gasteiger partial charge in [-0.3, -0.25) is 0 Å². The van der Waals surface area contributed by atoms with E-state index in [2.05, 4.69) is 54.3 Å². The fraction of sp³-hybridized carbons (Fsp3) is 0.368. The largest absolute Gasteiger partial charge is 0.507 e. The summed E-state index contributed by atoms with van der Waals surface area (Å²) in [5.41, 5.74) is 4.42. The van der Waals surface area contributed by atoms with Crippen LogP contribution in [-0.4, -0.2) is 11.7 Å². The van der Waals surface area contributed by atoms with Crippen molar-refractivity contribution in [1.82, 2.24) is 0 Å². The zero-order chi connectivity index (χ0) is 15.2. The van der Waals surface area contributed by atoms with Gasteiger partial charge in [-0.25, -0.2) is 0 Å². The van der Waals surface area contributed by atoms with Crippen molar-refractivity contribution in [2.24, 2.45) is 0 Å². The standard InChI is InChI=1S/C19H25NO/c1-4-5-11-20(18-9-7-6-8-10-18)14-17-12-15(2)19(21)16(3)13-17/h6-10,12-13,21H,4-5,11,14H2,1-3H3. The summed E-state index contributed by atoms with van der Waals surface area (Å²) in [6, 6.07) is 14.7. The van der Waals surface area contributed by atoms with Crippen LogP contribution in [0.25, 0.3) is 0 Å². The van der Waals surface area contributed by atoms with Gasteiger partial charge in [-0.05, 0) is 49.1 Å². The van der Waals surface area contributed by atoms with Crippen molar-refractivity contribution in [2.45, 2.75) is 40.2 Å². The van der Waals surface area contributed by atoms with Gasteiger partial charge in [0.15, 0.2) is 0 Å². The smallest absolute Gasteiger partial charge is 0.121 e. The molecule has 0 heterocycles. The summed E-state index contributed by atoms with van der Waals surface area (Å²) in [7, 11) is 0. The molecular formula is C19H25NO. The molecule has 0 aliphatic rings. The minimum atomic E-state index is 0.415. The van der Waals surface area contributed by atoms with Gasteiger partial charge in [0.05, 0.1) is 0 Å². The summed E-state index contributed by atoms with van der Waals surface area (Å²) in [5, 5.41) is 9.91. The molecule has 0 atom stereocenters. The number of phenols is 1. The second-order valence-electron chi connectivity index (χ2n) is 5.69. The highest BCUT2D eigenvalue weighted by Gasteiger charge is 2.09. The second kappa shape index (κ2) is 7.16. The number of unbranched alkanes of at least 4 members (excludes halogenated alkanes) is 1. The Bertz CT molecular complexity index is 554. The second-order valence-corrected chi connectivity index (χ2v) is 5.69. The van der Waals surface area contributed by atoms with Crippen molar-refractivity contribution in [2.75, 3.05) is 11.4 Å². The Labute approximate surface area is 128 Å². The Morgan fingerprint density at radius 2 is 1.62 bits per heavy atom. The zero-order valence-electron chi connectivity index (χ0n) is 13.3. The lowest BCUT2D eigenvalue weighted by atomic mass is 10.0. The normalized spacial score (nSPS) is 10.6. The third-order valence-corrected chi connectivity index (χ3v) is 3.83. The molecule has 2 nitrogen and oxygen atoms in total. The third kappa shape index (κ3) is 4.01. The van der Waals surface area contributed by atoms with Gasteiger partial charge in [0.25, 0.3) is 0 Å². The molecule has 2 heteroatoms. The first kappa shape index (κ1) is 15.4. The molecule has 2 rings (SSSR count). The minimum Gasteiger partial charge on any atom is -0.507 e. The van der Waals surface area contributed by atoms with E-state index in [1.165, 1.54) is 24.1 Å². The molecule has 112 valence electrons. The highest BCUT2D eigenvalue weighted by molar-refractivity contribution is 5.48. The van der Waals surface area contributed by atoms with Crippen LogP contribution >= 0.6 is 0 Å². The van der Waals surface area contributed by atoms with Crippen molar-refractivity contribution in [3.8, 4) is 5.75 Å². The van der Waals surface area contributed by atoms with Crippen molar-refractivity contribution in [3.05, 3.63) is 59.2 Å². The molecule has 21 heavy (non-hydrogen) atoms. The van der Waals surface area contributed by atoms with E-state index >= 15 is 0 Å². The van der Waals surface area contributed by atoms with Gasteiger partial charge in [0, 0.05) is 18.8 Å². The molecule has 0 aliphatic heterocycles. The molecule has 2 aromatic rings. The Morgan fingerprint density at radius 3 is 2.19 bits per heavy atom. The average Bonchev–Trinajstić information content (AvgIpc) is 2.49. The number of aromatic hydroxyl groups is 1. The number of aryl methyl sites for hydroxylation is 2. The number of anilines is 1. The summed E-state index contributed by atoms with van der Waals surface area (Å²) in [6.45, 7) is 8.08. The SMILES string of the molecule is CCCCN(Cc1cc(C)c(O)c(C)c1)c1ccccc1. The van der Waals surface area contributed by atoms with E-state index in [-0.39, 0.29) is 0 Å². The van der Waals surface area contributed by atoms with E-state index in [0.717, 1.165) is 24.2 Å². The van der Waals surface area contributed by atoms with E-state index < -0.39 is 0 Å². The predicted molar refractivity (Wildman–Crippen MR) is 90.0 cm³/mol. The Kier molecular flexibility index (Phi) is 5.26.